The SMILES string of the molecule is Cc1ccc(-c2cc3c(=O)n(Cc4noc(CN5CCC[C@@H](C)C5)n4)ccn3n2)cc1C. The Bertz CT molecular complexity index is 1320. The Morgan fingerprint density at radius 3 is 2.81 bits per heavy atom. The third-order valence-corrected chi connectivity index (χ3v) is 6.33. The van der Waals surface area contributed by atoms with Crippen LogP contribution >= 0.6 is 0 Å². The summed E-state index contributed by atoms with van der Waals surface area (Å²) >= 11 is 0. The van der Waals surface area contributed by atoms with E-state index in [-0.39, 0.29) is 12.1 Å². The van der Waals surface area contributed by atoms with Gasteiger partial charge in [-0.3, -0.25) is 9.69 Å². The summed E-state index contributed by atoms with van der Waals surface area (Å²) in [5, 5.41) is 8.68. The van der Waals surface area contributed by atoms with Gasteiger partial charge >= 0.3 is 0 Å². The van der Waals surface area contributed by atoms with Gasteiger partial charge in [0.1, 0.15) is 5.52 Å². The zero-order valence-electron chi connectivity index (χ0n) is 18.8. The highest BCUT2D eigenvalue weighted by atomic mass is 16.5. The van der Waals surface area contributed by atoms with E-state index in [0.29, 0.717) is 29.7 Å². The van der Waals surface area contributed by atoms with Crippen LogP contribution in [-0.2, 0) is 13.1 Å². The van der Waals surface area contributed by atoms with Gasteiger partial charge in [0.2, 0.25) is 5.89 Å². The summed E-state index contributed by atoms with van der Waals surface area (Å²) in [4.78, 5) is 19.9. The van der Waals surface area contributed by atoms with Gasteiger partial charge in [-0.1, -0.05) is 24.2 Å². The largest absolute Gasteiger partial charge is 0.338 e. The summed E-state index contributed by atoms with van der Waals surface area (Å²) in [7, 11) is 0. The fourth-order valence-electron chi connectivity index (χ4n) is 4.39. The van der Waals surface area contributed by atoms with Crippen LogP contribution in [0.3, 0.4) is 0 Å². The average Bonchev–Trinajstić information content (AvgIpc) is 3.39. The van der Waals surface area contributed by atoms with Crippen molar-refractivity contribution in [2.45, 2.75) is 46.7 Å². The fourth-order valence-corrected chi connectivity index (χ4v) is 4.39. The number of hydrogen-bond acceptors (Lipinski definition) is 6. The minimum absolute atomic E-state index is 0.133. The van der Waals surface area contributed by atoms with Gasteiger partial charge in [-0.15, -0.1) is 0 Å². The van der Waals surface area contributed by atoms with Gasteiger partial charge in [-0.25, -0.2) is 4.52 Å². The number of hydrogen-bond donors (Lipinski definition) is 0. The molecule has 0 aliphatic carbocycles. The van der Waals surface area contributed by atoms with Gasteiger partial charge in [-0.2, -0.15) is 10.1 Å². The molecule has 3 aromatic heterocycles. The van der Waals surface area contributed by atoms with E-state index in [1.165, 1.54) is 24.0 Å². The van der Waals surface area contributed by atoms with Gasteiger partial charge in [0.05, 0.1) is 18.8 Å². The zero-order chi connectivity index (χ0) is 22.2. The minimum Gasteiger partial charge on any atom is -0.338 e. The van der Waals surface area contributed by atoms with Gasteiger partial charge < -0.3 is 9.09 Å². The lowest BCUT2D eigenvalue weighted by molar-refractivity contribution is 0.157. The highest BCUT2D eigenvalue weighted by molar-refractivity contribution is 5.66. The Morgan fingerprint density at radius 1 is 1.12 bits per heavy atom. The molecular formula is C24H28N6O2. The highest BCUT2D eigenvalue weighted by Gasteiger charge is 2.19. The molecule has 8 heteroatoms. The summed E-state index contributed by atoms with van der Waals surface area (Å²) in [6.45, 7) is 9.47. The number of aromatic nitrogens is 5. The molecular weight excluding hydrogens is 404 g/mol. The third kappa shape index (κ3) is 4.10. The molecule has 1 saturated heterocycles. The van der Waals surface area contributed by atoms with Crippen molar-refractivity contribution in [3.63, 3.8) is 0 Å². The predicted molar refractivity (Wildman–Crippen MR) is 121 cm³/mol. The lowest BCUT2D eigenvalue weighted by Crippen LogP contribution is -2.33. The molecule has 4 heterocycles. The first-order chi connectivity index (χ1) is 15.5. The topological polar surface area (TPSA) is 81.5 Å². The van der Waals surface area contributed by atoms with Crippen LogP contribution in [0.4, 0.5) is 0 Å². The molecule has 0 unspecified atom stereocenters. The smallest absolute Gasteiger partial charge is 0.277 e. The number of rotatable bonds is 5. The maximum atomic E-state index is 13.1. The van der Waals surface area contributed by atoms with E-state index in [0.717, 1.165) is 24.3 Å². The van der Waals surface area contributed by atoms with E-state index in [4.69, 9.17) is 4.52 Å². The molecule has 0 saturated carbocycles. The molecule has 32 heavy (non-hydrogen) atoms. The van der Waals surface area contributed by atoms with Crippen LogP contribution in [0.2, 0.25) is 0 Å². The van der Waals surface area contributed by atoms with E-state index >= 15 is 0 Å². The van der Waals surface area contributed by atoms with Crippen molar-refractivity contribution in [3.8, 4) is 11.3 Å². The van der Waals surface area contributed by atoms with Crippen molar-refractivity contribution in [2.75, 3.05) is 13.1 Å². The van der Waals surface area contributed by atoms with E-state index < -0.39 is 0 Å². The molecule has 5 rings (SSSR count). The number of nitrogens with zero attached hydrogens (tertiary/aromatic N) is 6. The Morgan fingerprint density at radius 2 is 2.00 bits per heavy atom. The molecule has 0 bridgehead atoms. The Balaban J connectivity index is 1.36. The molecule has 166 valence electrons. The second-order valence-electron chi connectivity index (χ2n) is 8.98. The first kappa shape index (κ1) is 20.6. The molecule has 8 nitrogen and oxygen atoms in total. The quantitative estimate of drug-likeness (QED) is 0.481. The molecule has 1 fully saturated rings. The second kappa shape index (κ2) is 8.35. The van der Waals surface area contributed by atoms with Crippen LogP contribution in [0.5, 0.6) is 0 Å². The second-order valence-corrected chi connectivity index (χ2v) is 8.98. The van der Waals surface area contributed by atoms with Crippen LogP contribution < -0.4 is 5.56 Å². The molecule has 0 spiro atoms. The Kier molecular flexibility index (Phi) is 5.38. The molecule has 0 amide bonds. The minimum atomic E-state index is -0.133. The number of piperidine rings is 1. The van der Waals surface area contributed by atoms with Crippen LogP contribution in [-0.4, -0.2) is 42.3 Å². The van der Waals surface area contributed by atoms with Crippen molar-refractivity contribution in [1.29, 1.82) is 0 Å². The standard InChI is InChI=1S/C24H28N6O2/c1-16-5-4-8-28(13-16)15-23-25-22(27-32-23)14-29-9-10-30-21(24(29)31)12-20(26-30)19-7-6-17(2)18(3)11-19/h6-7,9-12,16H,4-5,8,13-15H2,1-3H3/t16-/m1/s1. The van der Waals surface area contributed by atoms with Crippen molar-refractivity contribution in [1.82, 2.24) is 29.2 Å². The number of fused-ring (bicyclic) bond motifs is 1. The molecule has 0 N–H and O–H groups in total. The summed E-state index contributed by atoms with van der Waals surface area (Å²) in [6, 6.07) is 8.04. The van der Waals surface area contributed by atoms with Crippen LogP contribution in [0, 0.1) is 19.8 Å². The predicted octanol–water partition coefficient (Wildman–Crippen LogP) is 3.44. The number of aryl methyl sites for hydroxylation is 2. The summed E-state index contributed by atoms with van der Waals surface area (Å²) in [5.74, 6) is 1.80. The Hall–Kier alpha value is -3.26. The summed E-state index contributed by atoms with van der Waals surface area (Å²) in [5.41, 5.74) is 4.59. The van der Waals surface area contributed by atoms with Gasteiger partial charge in [0.25, 0.3) is 5.56 Å². The first-order valence-electron chi connectivity index (χ1n) is 11.2. The van der Waals surface area contributed by atoms with Crippen molar-refractivity contribution in [3.05, 3.63) is 69.9 Å². The normalized spacial score (nSPS) is 17.3. The maximum absolute atomic E-state index is 13.1. The molecule has 1 atom stereocenters. The van der Waals surface area contributed by atoms with Crippen LogP contribution in [0.25, 0.3) is 16.8 Å². The summed E-state index contributed by atoms with van der Waals surface area (Å²) in [6.07, 6.45) is 5.98. The average molecular weight is 433 g/mol. The van der Waals surface area contributed by atoms with Crippen LogP contribution in [0.1, 0.15) is 42.6 Å². The molecule has 0 radical (unpaired) electrons. The first-order valence-corrected chi connectivity index (χ1v) is 11.2. The lowest BCUT2D eigenvalue weighted by atomic mass is 10.0. The maximum Gasteiger partial charge on any atom is 0.277 e. The molecule has 1 aliphatic rings. The molecule has 1 aromatic carbocycles. The van der Waals surface area contributed by atoms with E-state index in [9.17, 15) is 4.79 Å². The zero-order valence-corrected chi connectivity index (χ0v) is 18.8. The van der Waals surface area contributed by atoms with E-state index in [1.807, 2.05) is 12.1 Å². The number of benzene rings is 1. The highest BCUT2D eigenvalue weighted by Crippen LogP contribution is 2.21. The number of likely N-dealkylation sites (tertiary alicyclic amines) is 1. The van der Waals surface area contributed by atoms with Gasteiger partial charge in [-0.05, 0) is 62.4 Å². The van der Waals surface area contributed by atoms with E-state index in [1.54, 1.807) is 21.5 Å². The third-order valence-electron chi connectivity index (χ3n) is 6.33. The lowest BCUT2D eigenvalue weighted by Gasteiger charge is -2.29. The van der Waals surface area contributed by atoms with Gasteiger partial charge in [0, 0.05) is 24.5 Å². The van der Waals surface area contributed by atoms with Gasteiger partial charge in [0.15, 0.2) is 5.82 Å². The van der Waals surface area contributed by atoms with Crippen molar-refractivity contribution >= 4 is 5.52 Å². The molecule has 1 aliphatic heterocycles. The monoisotopic (exact) mass is 432 g/mol. The van der Waals surface area contributed by atoms with Crippen molar-refractivity contribution in [2.24, 2.45) is 5.92 Å². The van der Waals surface area contributed by atoms with E-state index in [2.05, 4.69) is 53.0 Å². The summed E-state index contributed by atoms with van der Waals surface area (Å²) < 4.78 is 8.67. The molecule has 4 aromatic rings. The fraction of sp³-hybridized carbons (Fsp3) is 0.417. The van der Waals surface area contributed by atoms with Crippen molar-refractivity contribution < 1.29 is 4.52 Å². The van der Waals surface area contributed by atoms with Crippen LogP contribution in [0.15, 0.2) is 46.0 Å². The Labute approximate surface area is 186 Å².